The summed E-state index contributed by atoms with van der Waals surface area (Å²) in [7, 11) is 0. The number of nitrogens with one attached hydrogen (secondary N) is 1. The number of piperidine rings is 1. The molecule has 2 heterocycles. The first kappa shape index (κ1) is 13.1. The number of amides is 1. The highest BCUT2D eigenvalue weighted by Crippen LogP contribution is 2.24. The van der Waals surface area contributed by atoms with Gasteiger partial charge in [0.1, 0.15) is 11.8 Å². The largest absolute Gasteiger partial charge is 0.465 e. The van der Waals surface area contributed by atoms with Crippen LogP contribution in [0.2, 0.25) is 0 Å². The average Bonchev–Trinajstić information content (AvgIpc) is 2.38. The van der Waals surface area contributed by atoms with Crippen molar-refractivity contribution in [3.63, 3.8) is 0 Å². The van der Waals surface area contributed by atoms with Crippen LogP contribution in [0.1, 0.15) is 25.5 Å². The zero-order valence-electron chi connectivity index (χ0n) is 10.6. The number of anilines is 1. The molecule has 2 N–H and O–H groups in total. The fraction of sp³-hybridized carbons (Fsp3) is 0.500. The molecule has 1 saturated heterocycles. The van der Waals surface area contributed by atoms with E-state index >= 15 is 0 Å². The molecular formula is C12H15N5O2. The summed E-state index contributed by atoms with van der Waals surface area (Å²) in [6.07, 6.45) is 1.92. The summed E-state index contributed by atoms with van der Waals surface area (Å²) in [6.45, 7) is 3.21. The van der Waals surface area contributed by atoms with Gasteiger partial charge in [0.05, 0.1) is 0 Å². The SMILES string of the molecule is CC1(NC(=O)O)CCN(c2nccc(C#N)n2)CC1. The number of carbonyl (C=O) groups is 1. The maximum absolute atomic E-state index is 10.7. The monoisotopic (exact) mass is 261 g/mol. The Bertz CT molecular complexity index is 517. The molecular weight excluding hydrogens is 246 g/mol. The number of hydrogen-bond donors (Lipinski definition) is 2. The van der Waals surface area contributed by atoms with Crippen LogP contribution in [0.15, 0.2) is 12.3 Å². The zero-order chi connectivity index (χ0) is 13.9. The quantitative estimate of drug-likeness (QED) is 0.822. The first-order valence-electron chi connectivity index (χ1n) is 6.02. The van der Waals surface area contributed by atoms with E-state index in [0.29, 0.717) is 37.6 Å². The van der Waals surface area contributed by atoms with Crippen LogP contribution in [0.5, 0.6) is 0 Å². The third-order valence-corrected chi connectivity index (χ3v) is 3.32. The normalized spacial score (nSPS) is 17.6. The minimum Gasteiger partial charge on any atom is -0.465 e. The first-order valence-corrected chi connectivity index (χ1v) is 6.02. The second-order valence-corrected chi connectivity index (χ2v) is 4.83. The van der Waals surface area contributed by atoms with E-state index in [9.17, 15) is 4.79 Å². The molecule has 1 aliphatic rings. The molecule has 0 aliphatic carbocycles. The van der Waals surface area contributed by atoms with Crippen molar-refractivity contribution < 1.29 is 9.90 Å². The van der Waals surface area contributed by atoms with Gasteiger partial charge in [-0.3, -0.25) is 0 Å². The van der Waals surface area contributed by atoms with Gasteiger partial charge in [-0.1, -0.05) is 0 Å². The molecule has 1 fully saturated rings. The Morgan fingerprint density at radius 1 is 1.58 bits per heavy atom. The molecule has 7 heteroatoms. The van der Waals surface area contributed by atoms with Crippen molar-refractivity contribution in [2.75, 3.05) is 18.0 Å². The predicted octanol–water partition coefficient (Wildman–Crippen LogP) is 0.975. The smallest absolute Gasteiger partial charge is 0.405 e. The van der Waals surface area contributed by atoms with E-state index in [1.165, 1.54) is 0 Å². The van der Waals surface area contributed by atoms with E-state index in [4.69, 9.17) is 10.4 Å². The number of nitrogens with zero attached hydrogens (tertiary/aromatic N) is 4. The van der Waals surface area contributed by atoms with Crippen molar-refractivity contribution >= 4 is 12.0 Å². The van der Waals surface area contributed by atoms with Gasteiger partial charge in [0.25, 0.3) is 0 Å². The van der Waals surface area contributed by atoms with Gasteiger partial charge in [-0.05, 0) is 25.8 Å². The number of aromatic nitrogens is 2. The molecule has 2 rings (SSSR count). The summed E-state index contributed by atoms with van der Waals surface area (Å²) < 4.78 is 0. The molecule has 0 radical (unpaired) electrons. The van der Waals surface area contributed by atoms with Crippen molar-refractivity contribution in [1.82, 2.24) is 15.3 Å². The summed E-state index contributed by atoms with van der Waals surface area (Å²) in [6, 6.07) is 3.54. The van der Waals surface area contributed by atoms with E-state index in [1.807, 2.05) is 17.9 Å². The first-order chi connectivity index (χ1) is 9.02. The van der Waals surface area contributed by atoms with E-state index in [0.717, 1.165) is 0 Å². The molecule has 19 heavy (non-hydrogen) atoms. The fourth-order valence-electron chi connectivity index (χ4n) is 2.15. The van der Waals surface area contributed by atoms with Gasteiger partial charge in [-0.2, -0.15) is 5.26 Å². The lowest BCUT2D eigenvalue weighted by Gasteiger charge is -2.39. The van der Waals surface area contributed by atoms with Crippen LogP contribution < -0.4 is 10.2 Å². The molecule has 0 atom stereocenters. The van der Waals surface area contributed by atoms with Gasteiger partial charge in [0.15, 0.2) is 0 Å². The standard InChI is InChI=1S/C12H15N5O2/c1-12(16-11(18)19)3-6-17(7-4-12)10-14-5-2-9(8-13)15-10/h2,5,16H,3-4,6-7H2,1H3,(H,18,19). The van der Waals surface area contributed by atoms with Crippen LogP contribution in [-0.4, -0.2) is 39.8 Å². The molecule has 0 bridgehead atoms. The van der Waals surface area contributed by atoms with Crippen LogP contribution in [0.4, 0.5) is 10.7 Å². The highest BCUT2D eigenvalue weighted by Gasteiger charge is 2.32. The van der Waals surface area contributed by atoms with Crippen molar-refractivity contribution in [2.24, 2.45) is 0 Å². The maximum Gasteiger partial charge on any atom is 0.405 e. The molecule has 1 aliphatic heterocycles. The highest BCUT2D eigenvalue weighted by molar-refractivity contribution is 5.65. The third-order valence-electron chi connectivity index (χ3n) is 3.32. The van der Waals surface area contributed by atoms with Gasteiger partial charge in [-0.15, -0.1) is 0 Å². The second-order valence-electron chi connectivity index (χ2n) is 4.83. The zero-order valence-corrected chi connectivity index (χ0v) is 10.6. The van der Waals surface area contributed by atoms with E-state index < -0.39 is 11.6 Å². The van der Waals surface area contributed by atoms with Gasteiger partial charge < -0.3 is 15.3 Å². The fourth-order valence-corrected chi connectivity index (χ4v) is 2.15. The Hall–Kier alpha value is -2.36. The van der Waals surface area contributed by atoms with Gasteiger partial charge in [0, 0.05) is 24.8 Å². The van der Waals surface area contributed by atoms with E-state index in [1.54, 1.807) is 12.3 Å². The Labute approximate surface area is 110 Å². The summed E-state index contributed by atoms with van der Waals surface area (Å²) in [4.78, 5) is 21.0. The topological polar surface area (TPSA) is 102 Å². The third kappa shape index (κ3) is 3.10. The van der Waals surface area contributed by atoms with Crippen LogP contribution >= 0.6 is 0 Å². The predicted molar refractivity (Wildman–Crippen MR) is 67.8 cm³/mol. The molecule has 1 aromatic heterocycles. The van der Waals surface area contributed by atoms with Crippen molar-refractivity contribution in [2.45, 2.75) is 25.3 Å². The minimum atomic E-state index is -1.00. The van der Waals surface area contributed by atoms with E-state index in [-0.39, 0.29) is 0 Å². The Balaban J connectivity index is 2.03. The summed E-state index contributed by atoms with van der Waals surface area (Å²) >= 11 is 0. The van der Waals surface area contributed by atoms with Gasteiger partial charge in [0.2, 0.25) is 5.95 Å². The number of nitriles is 1. The molecule has 7 nitrogen and oxygen atoms in total. The summed E-state index contributed by atoms with van der Waals surface area (Å²) in [5.41, 5.74) is -0.0724. The second kappa shape index (κ2) is 5.10. The van der Waals surface area contributed by atoms with Crippen molar-refractivity contribution in [3.8, 4) is 6.07 Å². The molecule has 0 aromatic carbocycles. The Kier molecular flexibility index (Phi) is 3.51. The van der Waals surface area contributed by atoms with Gasteiger partial charge >= 0.3 is 6.09 Å². The number of rotatable bonds is 2. The minimum absolute atomic E-state index is 0.335. The van der Waals surface area contributed by atoms with Crippen molar-refractivity contribution in [1.29, 1.82) is 5.26 Å². The lowest BCUT2D eigenvalue weighted by atomic mass is 9.90. The lowest BCUT2D eigenvalue weighted by molar-refractivity contribution is 0.173. The van der Waals surface area contributed by atoms with Crippen LogP contribution in [0.3, 0.4) is 0 Å². The van der Waals surface area contributed by atoms with Crippen molar-refractivity contribution in [3.05, 3.63) is 18.0 Å². The van der Waals surface area contributed by atoms with Crippen LogP contribution in [-0.2, 0) is 0 Å². The summed E-state index contributed by atoms with van der Waals surface area (Å²) in [5.74, 6) is 0.524. The van der Waals surface area contributed by atoms with E-state index in [2.05, 4.69) is 15.3 Å². The molecule has 0 spiro atoms. The lowest BCUT2D eigenvalue weighted by Crippen LogP contribution is -2.53. The molecule has 1 amide bonds. The average molecular weight is 261 g/mol. The molecule has 1 aromatic rings. The number of hydrogen-bond acceptors (Lipinski definition) is 5. The molecule has 100 valence electrons. The molecule has 0 saturated carbocycles. The van der Waals surface area contributed by atoms with Crippen LogP contribution in [0.25, 0.3) is 0 Å². The molecule has 0 unspecified atom stereocenters. The van der Waals surface area contributed by atoms with Crippen LogP contribution in [0, 0.1) is 11.3 Å². The number of carboxylic acid groups (broad SMARTS) is 1. The highest BCUT2D eigenvalue weighted by atomic mass is 16.4. The summed E-state index contributed by atoms with van der Waals surface area (Å²) in [5, 5.41) is 20.2. The van der Waals surface area contributed by atoms with Gasteiger partial charge in [-0.25, -0.2) is 14.8 Å². The Morgan fingerprint density at radius 2 is 2.26 bits per heavy atom. The maximum atomic E-state index is 10.7. The Morgan fingerprint density at radius 3 is 2.84 bits per heavy atom.